The topological polar surface area (TPSA) is 34.2 Å². The van der Waals surface area contributed by atoms with E-state index in [9.17, 15) is 0 Å². The van der Waals surface area contributed by atoms with E-state index in [-0.39, 0.29) is 0 Å². The van der Waals surface area contributed by atoms with Crippen molar-refractivity contribution in [1.29, 1.82) is 0 Å². The summed E-state index contributed by atoms with van der Waals surface area (Å²) < 4.78 is 2.23. The van der Waals surface area contributed by atoms with Crippen molar-refractivity contribution in [3.05, 3.63) is 48.3 Å². The zero-order valence-corrected chi connectivity index (χ0v) is 11.1. The number of aryl methyl sites for hydroxylation is 1. The Morgan fingerprint density at radius 3 is 2.44 bits per heavy atom. The average molecular weight is 243 g/mol. The second-order valence-electron chi connectivity index (χ2n) is 4.67. The van der Waals surface area contributed by atoms with Crippen LogP contribution in [0, 0.1) is 0 Å². The lowest BCUT2D eigenvalue weighted by Crippen LogP contribution is -2.08. The normalized spacial score (nSPS) is 10.6. The maximum atomic E-state index is 5.57. The Hall–Kier alpha value is -1.74. The van der Waals surface area contributed by atoms with Gasteiger partial charge >= 0.3 is 0 Å². The summed E-state index contributed by atoms with van der Waals surface area (Å²) in [5.74, 6) is 0. The Bertz CT molecular complexity index is 483. The average Bonchev–Trinajstić information content (AvgIpc) is 2.84. The van der Waals surface area contributed by atoms with Crippen molar-refractivity contribution in [3.63, 3.8) is 0 Å². The summed E-state index contributed by atoms with van der Waals surface area (Å²) in [6, 6.07) is 12.8. The Morgan fingerprint density at radius 1 is 1.11 bits per heavy atom. The molecule has 2 rings (SSSR count). The second-order valence-corrected chi connectivity index (χ2v) is 4.67. The second kappa shape index (κ2) is 5.74. The van der Waals surface area contributed by atoms with Gasteiger partial charge in [-0.15, -0.1) is 0 Å². The molecule has 96 valence electrons. The standard InChI is InChI=1S/C15H21N3/c1-17(2)13-7-9-15(10-8-13)18-12-4-6-14(18)5-3-11-16/h4,6-10,12H,3,5,11,16H2,1-2H3. The van der Waals surface area contributed by atoms with Crippen LogP contribution in [0.15, 0.2) is 42.6 Å². The molecule has 1 aromatic heterocycles. The highest BCUT2D eigenvalue weighted by molar-refractivity contribution is 5.50. The van der Waals surface area contributed by atoms with E-state index in [0.717, 1.165) is 19.4 Å². The van der Waals surface area contributed by atoms with Crippen LogP contribution in [0.5, 0.6) is 0 Å². The van der Waals surface area contributed by atoms with Gasteiger partial charge in [-0.3, -0.25) is 0 Å². The molecule has 0 atom stereocenters. The van der Waals surface area contributed by atoms with E-state index >= 15 is 0 Å². The number of nitrogens with two attached hydrogens (primary N) is 1. The highest BCUT2D eigenvalue weighted by Crippen LogP contribution is 2.18. The molecule has 0 bridgehead atoms. The number of rotatable bonds is 5. The molecule has 2 N–H and O–H groups in total. The minimum Gasteiger partial charge on any atom is -0.378 e. The van der Waals surface area contributed by atoms with Gasteiger partial charge in [-0.05, 0) is 55.8 Å². The SMILES string of the molecule is CN(C)c1ccc(-n2cccc2CCCN)cc1. The molecule has 0 saturated carbocycles. The van der Waals surface area contributed by atoms with Crippen LogP contribution in [-0.2, 0) is 6.42 Å². The van der Waals surface area contributed by atoms with Crippen molar-refractivity contribution in [2.75, 3.05) is 25.5 Å². The third kappa shape index (κ3) is 2.74. The summed E-state index contributed by atoms with van der Waals surface area (Å²) in [4.78, 5) is 2.11. The molecule has 0 radical (unpaired) electrons. The number of hydrogen-bond donors (Lipinski definition) is 1. The number of aromatic nitrogens is 1. The fourth-order valence-corrected chi connectivity index (χ4v) is 2.07. The van der Waals surface area contributed by atoms with Crippen LogP contribution in [-0.4, -0.2) is 25.2 Å². The summed E-state index contributed by atoms with van der Waals surface area (Å²) in [5, 5.41) is 0. The molecular weight excluding hydrogens is 222 g/mol. The minimum atomic E-state index is 0.741. The van der Waals surface area contributed by atoms with E-state index in [1.165, 1.54) is 17.1 Å². The zero-order valence-electron chi connectivity index (χ0n) is 11.1. The van der Waals surface area contributed by atoms with Crippen LogP contribution in [0.25, 0.3) is 5.69 Å². The van der Waals surface area contributed by atoms with E-state index in [1.54, 1.807) is 0 Å². The summed E-state index contributed by atoms with van der Waals surface area (Å²) in [5.41, 5.74) is 9.31. The number of benzene rings is 1. The lowest BCUT2D eigenvalue weighted by molar-refractivity contribution is 0.789. The summed E-state index contributed by atoms with van der Waals surface area (Å²) in [6.45, 7) is 0.741. The van der Waals surface area contributed by atoms with Crippen molar-refractivity contribution in [3.8, 4) is 5.69 Å². The third-order valence-corrected chi connectivity index (χ3v) is 3.11. The minimum absolute atomic E-state index is 0.741. The number of anilines is 1. The first-order valence-corrected chi connectivity index (χ1v) is 6.36. The van der Waals surface area contributed by atoms with E-state index in [1.807, 2.05) is 0 Å². The molecule has 0 fully saturated rings. The molecule has 0 spiro atoms. The highest BCUT2D eigenvalue weighted by Gasteiger charge is 2.03. The molecule has 0 aliphatic carbocycles. The first-order valence-electron chi connectivity index (χ1n) is 6.36. The van der Waals surface area contributed by atoms with Gasteiger partial charge in [-0.2, -0.15) is 0 Å². The van der Waals surface area contributed by atoms with Crippen molar-refractivity contribution < 1.29 is 0 Å². The molecule has 0 amide bonds. The summed E-state index contributed by atoms with van der Waals surface area (Å²) in [7, 11) is 4.11. The largest absolute Gasteiger partial charge is 0.378 e. The van der Waals surface area contributed by atoms with E-state index in [0.29, 0.717) is 0 Å². The van der Waals surface area contributed by atoms with Crippen LogP contribution < -0.4 is 10.6 Å². The predicted molar refractivity (Wildman–Crippen MR) is 77.5 cm³/mol. The Balaban J connectivity index is 2.23. The smallest absolute Gasteiger partial charge is 0.0453 e. The van der Waals surface area contributed by atoms with Gasteiger partial charge in [0.05, 0.1) is 0 Å². The lowest BCUT2D eigenvalue weighted by Gasteiger charge is -2.14. The first kappa shape index (κ1) is 12.7. The quantitative estimate of drug-likeness (QED) is 0.875. The number of nitrogens with zero attached hydrogens (tertiary/aromatic N) is 2. The molecule has 0 unspecified atom stereocenters. The summed E-state index contributed by atoms with van der Waals surface area (Å²) in [6.07, 6.45) is 4.16. The molecule has 0 saturated heterocycles. The maximum absolute atomic E-state index is 5.57. The molecule has 1 heterocycles. The Labute approximate surface area is 109 Å². The van der Waals surface area contributed by atoms with Gasteiger partial charge in [-0.25, -0.2) is 0 Å². The third-order valence-electron chi connectivity index (χ3n) is 3.11. The van der Waals surface area contributed by atoms with E-state index in [2.05, 4.69) is 66.2 Å². The Kier molecular flexibility index (Phi) is 4.05. The monoisotopic (exact) mass is 243 g/mol. The fourth-order valence-electron chi connectivity index (χ4n) is 2.07. The van der Waals surface area contributed by atoms with Crippen LogP contribution in [0.2, 0.25) is 0 Å². The van der Waals surface area contributed by atoms with Gasteiger partial charge in [0.2, 0.25) is 0 Å². The zero-order chi connectivity index (χ0) is 13.0. The number of hydrogen-bond acceptors (Lipinski definition) is 2. The van der Waals surface area contributed by atoms with Gasteiger partial charge in [-0.1, -0.05) is 0 Å². The molecule has 1 aromatic carbocycles. The van der Waals surface area contributed by atoms with Crippen molar-refractivity contribution >= 4 is 5.69 Å². The fraction of sp³-hybridized carbons (Fsp3) is 0.333. The van der Waals surface area contributed by atoms with Gasteiger partial charge in [0.25, 0.3) is 0 Å². The van der Waals surface area contributed by atoms with Crippen LogP contribution in [0.4, 0.5) is 5.69 Å². The molecule has 18 heavy (non-hydrogen) atoms. The van der Waals surface area contributed by atoms with E-state index in [4.69, 9.17) is 5.73 Å². The van der Waals surface area contributed by atoms with Gasteiger partial charge in [0.1, 0.15) is 0 Å². The molecule has 2 aromatic rings. The van der Waals surface area contributed by atoms with Gasteiger partial charge in [0, 0.05) is 37.4 Å². The molecule has 0 aliphatic rings. The van der Waals surface area contributed by atoms with Crippen LogP contribution in [0.3, 0.4) is 0 Å². The molecule has 3 nitrogen and oxygen atoms in total. The van der Waals surface area contributed by atoms with Crippen LogP contribution >= 0.6 is 0 Å². The Morgan fingerprint density at radius 2 is 1.83 bits per heavy atom. The first-order chi connectivity index (χ1) is 8.72. The van der Waals surface area contributed by atoms with Gasteiger partial charge in [0.15, 0.2) is 0 Å². The van der Waals surface area contributed by atoms with Crippen molar-refractivity contribution in [2.45, 2.75) is 12.8 Å². The molecular formula is C15H21N3. The predicted octanol–water partition coefficient (Wildman–Crippen LogP) is 2.43. The molecule has 3 heteroatoms. The van der Waals surface area contributed by atoms with Crippen molar-refractivity contribution in [2.24, 2.45) is 5.73 Å². The van der Waals surface area contributed by atoms with Crippen LogP contribution in [0.1, 0.15) is 12.1 Å². The molecule has 0 aliphatic heterocycles. The lowest BCUT2D eigenvalue weighted by atomic mass is 10.2. The maximum Gasteiger partial charge on any atom is 0.0453 e. The van der Waals surface area contributed by atoms with Crippen molar-refractivity contribution in [1.82, 2.24) is 4.57 Å². The summed E-state index contributed by atoms with van der Waals surface area (Å²) >= 11 is 0. The van der Waals surface area contributed by atoms with Gasteiger partial charge < -0.3 is 15.2 Å². The highest BCUT2D eigenvalue weighted by atomic mass is 15.1. The van der Waals surface area contributed by atoms with E-state index < -0.39 is 0 Å².